The average molecular weight is 287 g/mol. The molecule has 1 aromatic heterocycles. The third-order valence-corrected chi connectivity index (χ3v) is 3.89. The van der Waals surface area contributed by atoms with Crippen LogP contribution in [0.4, 0.5) is 11.4 Å². The van der Waals surface area contributed by atoms with Gasteiger partial charge >= 0.3 is 5.69 Å². The van der Waals surface area contributed by atoms with Crippen LogP contribution in [0.25, 0.3) is 10.9 Å². The topological polar surface area (TPSA) is 77.3 Å². The van der Waals surface area contributed by atoms with Gasteiger partial charge in [0.05, 0.1) is 21.4 Å². The second kappa shape index (κ2) is 5.29. The lowest BCUT2D eigenvalue weighted by Crippen LogP contribution is -2.32. The Balaban J connectivity index is 1.94. The molecule has 0 amide bonds. The number of anilines is 1. The van der Waals surface area contributed by atoms with Gasteiger partial charge in [-0.3, -0.25) is 15.1 Å². The van der Waals surface area contributed by atoms with Gasteiger partial charge in [0.25, 0.3) is 0 Å². The Morgan fingerprint density at radius 3 is 3.05 bits per heavy atom. The van der Waals surface area contributed by atoms with E-state index in [-0.39, 0.29) is 16.2 Å². The van der Waals surface area contributed by atoms with Gasteiger partial charge in [0.1, 0.15) is 5.69 Å². The van der Waals surface area contributed by atoms with Crippen LogP contribution in [0, 0.1) is 10.1 Å². The normalized spacial score (nSPS) is 21.6. The molecule has 1 aromatic carbocycles. The first-order valence-corrected chi connectivity index (χ1v) is 6.99. The largest absolute Gasteiger partial charge is 0.377 e. The number of aromatic nitrogens is 1. The monoisotopic (exact) mass is 287 g/mol. The highest BCUT2D eigenvalue weighted by Gasteiger charge is 2.30. The van der Waals surface area contributed by atoms with Crippen molar-refractivity contribution < 1.29 is 9.66 Å². The number of nitro groups is 1. The quantitative estimate of drug-likeness (QED) is 0.690. The van der Waals surface area contributed by atoms with Crippen molar-refractivity contribution in [3.63, 3.8) is 0 Å². The highest BCUT2D eigenvalue weighted by Crippen LogP contribution is 2.33. The molecule has 0 bridgehead atoms. The van der Waals surface area contributed by atoms with E-state index in [0.717, 1.165) is 19.4 Å². The van der Waals surface area contributed by atoms with E-state index in [9.17, 15) is 10.1 Å². The molecule has 1 N–H and O–H groups in total. The van der Waals surface area contributed by atoms with Crippen molar-refractivity contribution in [3.05, 3.63) is 40.6 Å². The van der Waals surface area contributed by atoms with E-state index in [0.29, 0.717) is 23.1 Å². The van der Waals surface area contributed by atoms with E-state index in [4.69, 9.17) is 4.74 Å². The van der Waals surface area contributed by atoms with Crippen LogP contribution in [-0.4, -0.2) is 28.7 Å². The first-order chi connectivity index (χ1) is 10.1. The molecule has 2 aromatic rings. The van der Waals surface area contributed by atoms with Crippen molar-refractivity contribution in [1.29, 1.82) is 0 Å². The van der Waals surface area contributed by atoms with Crippen molar-refractivity contribution in [3.8, 4) is 0 Å². The second-order valence-corrected chi connectivity index (χ2v) is 5.54. The summed E-state index contributed by atoms with van der Waals surface area (Å²) in [5.41, 5.74) is 0.954. The molecule has 1 unspecified atom stereocenters. The molecule has 1 aliphatic rings. The molecule has 1 fully saturated rings. The maximum atomic E-state index is 11.4. The van der Waals surface area contributed by atoms with Crippen LogP contribution in [0.3, 0.4) is 0 Å². The molecule has 3 rings (SSSR count). The molecule has 21 heavy (non-hydrogen) atoms. The predicted molar refractivity (Wildman–Crippen MR) is 80.5 cm³/mol. The van der Waals surface area contributed by atoms with E-state index in [1.54, 1.807) is 30.5 Å². The Bertz CT molecular complexity index is 681. The van der Waals surface area contributed by atoms with Crippen LogP contribution in [-0.2, 0) is 4.74 Å². The van der Waals surface area contributed by atoms with Gasteiger partial charge in [-0.25, -0.2) is 0 Å². The van der Waals surface area contributed by atoms with Gasteiger partial charge in [-0.2, -0.15) is 0 Å². The summed E-state index contributed by atoms with van der Waals surface area (Å²) in [7, 11) is 0. The number of hydrogen-bond donors (Lipinski definition) is 1. The van der Waals surface area contributed by atoms with Gasteiger partial charge in [-0.15, -0.1) is 0 Å². The fraction of sp³-hybridized carbons (Fsp3) is 0.400. The zero-order chi connectivity index (χ0) is 14.9. The lowest BCUT2D eigenvalue weighted by Gasteiger charge is -2.24. The van der Waals surface area contributed by atoms with Crippen LogP contribution in [0.5, 0.6) is 0 Å². The summed E-state index contributed by atoms with van der Waals surface area (Å²) in [6, 6.07) is 6.94. The number of nitro benzene ring substituents is 1. The van der Waals surface area contributed by atoms with E-state index in [1.807, 2.05) is 6.92 Å². The summed E-state index contributed by atoms with van der Waals surface area (Å²) < 4.78 is 5.71. The number of benzene rings is 1. The lowest BCUT2D eigenvalue weighted by molar-refractivity contribution is -0.382. The summed E-state index contributed by atoms with van der Waals surface area (Å²) in [4.78, 5) is 15.2. The molecule has 1 aliphatic heterocycles. The van der Waals surface area contributed by atoms with E-state index >= 15 is 0 Å². The number of nitrogens with zero attached hydrogens (tertiary/aromatic N) is 2. The number of hydrogen-bond acceptors (Lipinski definition) is 5. The number of ether oxygens (including phenoxy) is 1. The van der Waals surface area contributed by atoms with Crippen molar-refractivity contribution in [1.82, 2.24) is 4.98 Å². The highest BCUT2D eigenvalue weighted by atomic mass is 16.6. The molecule has 1 atom stereocenters. The van der Waals surface area contributed by atoms with E-state index < -0.39 is 0 Å². The Hall–Kier alpha value is -2.21. The van der Waals surface area contributed by atoms with Gasteiger partial charge in [0.2, 0.25) is 0 Å². The molecule has 6 nitrogen and oxygen atoms in total. The molecule has 0 spiro atoms. The first kappa shape index (κ1) is 13.8. The predicted octanol–water partition coefficient (Wildman–Crippen LogP) is 3.12. The van der Waals surface area contributed by atoms with Gasteiger partial charge < -0.3 is 10.1 Å². The van der Waals surface area contributed by atoms with Crippen LogP contribution < -0.4 is 5.32 Å². The maximum absolute atomic E-state index is 11.4. The SMILES string of the molecule is CC1(CNc2ccc3ncccc3c2[N+](=O)[O-])CCCO1. The van der Waals surface area contributed by atoms with Crippen LogP contribution >= 0.6 is 0 Å². The van der Waals surface area contributed by atoms with Crippen molar-refractivity contribution in [2.24, 2.45) is 0 Å². The standard InChI is InChI=1S/C15H17N3O3/c1-15(7-3-9-21-15)10-17-13-6-5-12-11(4-2-8-16-12)14(13)18(19)20/h2,4-6,8,17H,3,7,9-10H2,1H3. The third-order valence-electron chi connectivity index (χ3n) is 3.89. The van der Waals surface area contributed by atoms with Crippen LogP contribution in [0.15, 0.2) is 30.5 Å². The molecule has 6 heteroatoms. The van der Waals surface area contributed by atoms with Crippen molar-refractivity contribution in [2.75, 3.05) is 18.5 Å². The Morgan fingerprint density at radius 1 is 1.48 bits per heavy atom. The third kappa shape index (κ3) is 2.67. The summed E-state index contributed by atoms with van der Waals surface area (Å²) >= 11 is 0. The summed E-state index contributed by atoms with van der Waals surface area (Å²) in [5.74, 6) is 0. The number of pyridine rings is 1. The van der Waals surface area contributed by atoms with Gasteiger partial charge in [0, 0.05) is 19.3 Å². The smallest absolute Gasteiger partial charge is 0.301 e. The molecule has 0 aliphatic carbocycles. The Morgan fingerprint density at radius 2 is 2.33 bits per heavy atom. The second-order valence-electron chi connectivity index (χ2n) is 5.54. The Kier molecular flexibility index (Phi) is 3.47. The van der Waals surface area contributed by atoms with Crippen LogP contribution in [0.2, 0.25) is 0 Å². The lowest BCUT2D eigenvalue weighted by atomic mass is 10.0. The fourth-order valence-electron chi connectivity index (χ4n) is 2.73. The van der Waals surface area contributed by atoms with Crippen molar-refractivity contribution >= 4 is 22.3 Å². The molecule has 0 radical (unpaired) electrons. The number of nitrogens with one attached hydrogen (secondary N) is 1. The van der Waals surface area contributed by atoms with Crippen LogP contribution in [0.1, 0.15) is 19.8 Å². The highest BCUT2D eigenvalue weighted by molar-refractivity contribution is 5.94. The average Bonchev–Trinajstić information content (AvgIpc) is 2.91. The minimum atomic E-state index is -0.357. The molecule has 110 valence electrons. The van der Waals surface area contributed by atoms with E-state index in [2.05, 4.69) is 10.3 Å². The summed E-state index contributed by atoms with van der Waals surface area (Å²) in [6.45, 7) is 3.34. The van der Waals surface area contributed by atoms with Gasteiger partial charge in [-0.05, 0) is 44.0 Å². The Labute approximate surface area is 122 Å². The summed E-state index contributed by atoms with van der Waals surface area (Å²) in [6.07, 6.45) is 3.62. The summed E-state index contributed by atoms with van der Waals surface area (Å²) in [5, 5.41) is 15.1. The number of fused-ring (bicyclic) bond motifs is 1. The fourth-order valence-corrected chi connectivity index (χ4v) is 2.73. The minimum absolute atomic E-state index is 0.0715. The molecule has 1 saturated heterocycles. The van der Waals surface area contributed by atoms with Gasteiger partial charge in [0.15, 0.2) is 0 Å². The number of rotatable bonds is 4. The van der Waals surface area contributed by atoms with Crippen molar-refractivity contribution in [2.45, 2.75) is 25.4 Å². The molecule has 2 heterocycles. The first-order valence-electron chi connectivity index (χ1n) is 6.99. The zero-order valence-corrected chi connectivity index (χ0v) is 11.8. The zero-order valence-electron chi connectivity index (χ0n) is 11.8. The van der Waals surface area contributed by atoms with E-state index in [1.165, 1.54) is 0 Å². The molecular weight excluding hydrogens is 270 g/mol. The maximum Gasteiger partial charge on any atom is 0.301 e. The minimum Gasteiger partial charge on any atom is -0.377 e. The van der Waals surface area contributed by atoms with Gasteiger partial charge in [-0.1, -0.05) is 0 Å². The molecular formula is C15H17N3O3. The molecule has 0 saturated carbocycles.